The first-order chi connectivity index (χ1) is 10.7. The van der Waals surface area contributed by atoms with Crippen LogP contribution in [-0.4, -0.2) is 47.3 Å². The Balaban J connectivity index is 2.14. The third kappa shape index (κ3) is 4.37. The average molecular weight is 528 g/mol. The van der Waals surface area contributed by atoms with Gasteiger partial charge in [-0.1, -0.05) is 0 Å². The number of para-hydroxylation sites is 2. The minimum atomic E-state index is -0.350. The van der Waals surface area contributed by atoms with Crippen LogP contribution in [-0.2, 0) is 0 Å². The van der Waals surface area contributed by atoms with Crippen LogP contribution >= 0.6 is 0 Å². The molecule has 2 rings (SSSR count). The van der Waals surface area contributed by atoms with Gasteiger partial charge in [0, 0.05) is 0 Å². The Morgan fingerprint density at radius 3 is 1.55 bits per heavy atom. The molecule has 4 N–H and O–H groups in total. The molecule has 0 heterocycles. The number of ether oxygens (including phenoxy) is 2. The molecule has 0 amide bonds. The Labute approximate surface area is 147 Å². The maximum absolute atomic E-state index is 6.22. The summed E-state index contributed by atoms with van der Waals surface area (Å²) in [5, 5.41) is 0. The Bertz CT molecular complexity index is 580. The van der Waals surface area contributed by atoms with Crippen LogP contribution in [0.25, 0.3) is 0 Å². The molecule has 0 aliphatic rings. The molecule has 6 heteroatoms. The predicted molar refractivity (Wildman–Crippen MR) is 94.8 cm³/mol. The summed E-state index contributed by atoms with van der Waals surface area (Å²) in [6.07, 6.45) is 0. The Hall–Kier alpha value is -0.781. The van der Waals surface area contributed by atoms with Gasteiger partial charge in [-0.05, 0) is 0 Å². The van der Waals surface area contributed by atoms with Crippen molar-refractivity contribution < 1.29 is 9.47 Å². The van der Waals surface area contributed by atoms with Gasteiger partial charge in [-0.15, -0.1) is 0 Å². The molecule has 4 nitrogen and oxygen atoms in total. The van der Waals surface area contributed by atoms with E-state index in [1.54, 1.807) is 0 Å². The second kappa shape index (κ2) is 8.75. The van der Waals surface area contributed by atoms with E-state index in [4.69, 9.17) is 20.9 Å². The van der Waals surface area contributed by atoms with Crippen molar-refractivity contribution in [2.24, 2.45) is 0 Å². The fourth-order valence-corrected chi connectivity index (χ4v) is 13.2. The van der Waals surface area contributed by atoms with Crippen LogP contribution < -0.4 is 28.2 Å². The molecule has 22 heavy (non-hydrogen) atoms. The van der Waals surface area contributed by atoms with Crippen molar-refractivity contribution >= 4 is 52.7 Å². The average Bonchev–Trinajstić information content (AvgIpc) is 2.52. The summed E-state index contributed by atoms with van der Waals surface area (Å²) in [4.78, 5) is 0. The molecular formula is C16H20N2O2Te2. The van der Waals surface area contributed by atoms with Gasteiger partial charge < -0.3 is 0 Å². The minimum absolute atomic E-state index is 0.350. The summed E-state index contributed by atoms with van der Waals surface area (Å²) in [5.74, 6) is 1.60. The van der Waals surface area contributed by atoms with Crippen molar-refractivity contribution in [1.82, 2.24) is 0 Å². The zero-order valence-electron chi connectivity index (χ0n) is 12.7. The van der Waals surface area contributed by atoms with Crippen molar-refractivity contribution in [3.63, 3.8) is 0 Å². The Kier molecular flexibility index (Phi) is 6.99. The van der Waals surface area contributed by atoms with E-state index in [1.165, 1.54) is 7.22 Å². The molecule has 0 aromatic heterocycles. The van der Waals surface area contributed by atoms with Crippen LogP contribution in [0.3, 0.4) is 0 Å². The van der Waals surface area contributed by atoms with Gasteiger partial charge in [0.15, 0.2) is 0 Å². The normalized spacial score (nSPS) is 10.5. The van der Waals surface area contributed by atoms with Crippen molar-refractivity contribution in [2.75, 3.05) is 24.7 Å². The van der Waals surface area contributed by atoms with Gasteiger partial charge in [-0.3, -0.25) is 0 Å². The third-order valence-corrected chi connectivity index (χ3v) is 14.6. The summed E-state index contributed by atoms with van der Waals surface area (Å²) in [7, 11) is 0. The number of rotatable bonds is 7. The third-order valence-electron chi connectivity index (χ3n) is 2.87. The monoisotopic (exact) mass is 532 g/mol. The number of hydrogen-bond donors (Lipinski definition) is 2. The summed E-state index contributed by atoms with van der Waals surface area (Å²) in [5.41, 5.74) is 14.0. The second-order valence-corrected chi connectivity index (χ2v) is 14.2. The number of anilines is 2. The molecule has 0 radical (unpaired) electrons. The predicted octanol–water partition coefficient (Wildman–Crippen LogP) is 0.923. The Morgan fingerprint density at radius 1 is 0.773 bits per heavy atom. The second-order valence-electron chi connectivity index (χ2n) is 4.37. The van der Waals surface area contributed by atoms with E-state index in [0.717, 1.165) is 22.9 Å². The van der Waals surface area contributed by atoms with E-state index in [2.05, 4.69) is 12.1 Å². The summed E-state index contributed by atoms with van der Waals surface area (Å²) >= 11 is -0.701. The van der Waals surface area contributed by atoms with Crippen molar-refractivity contribution in [2.45, 2.75) is 13.8 Å². The van der Waals surface area contributed by atoms with Gasteiger partial charge in [-0.25, -0.2) is 0 Å². The summed E-state index contributed by atoms with van der Waals surface area (Å²) < 4.78 is 13.7. The molecule has 0 bridgehead atoms. The van der Waals surface area contributed by atoms with E-state index in [0.29, 0.717) is 13.2 Å². The van der Waals surface area contributed by atoms with E-state index in [1.807, 2.05) is 38.1 Å². The molecule has 0 atom stereocenters. The van der Waals surface area contributed by atoms with Crippen LogP contribution in [0, 0.1) is 0 Å². The molecule has 0 saturated carbocycles. The molecular weight excluding hydrogens is 507 g/mol. The molecule has 118 valence electrons. The molecule has 2 aromatic carbocycles. The first-order valence-electron chi connectivity index (χ1n) is 7.04. The fourth-order valence-electron chi connectivity index (χ4n) is 1.85. The molecule has 0 aliphatic carbocycles. The number of hydrogen-bond acceptors (Lipinski definition) is 4. The number of nitrogens with two attached hydrogens (primary N) is 2. The van der Waals surface area contributed by atoms with Gasteiger partial charge >= 0.3 is 149 Å². The van der Waals surface area contributed by atoms with Gasteiger partial charge in [0.1, 0.15) is 0 Å². The maximum atomic E-state index is 6.22. The van der Waals surface area contributed by atoms with Crippen LogP contribution in [0.15, 0.2) is 36.4 Å². The van der Waals surface area contributed by atoms with E-state index in [-0.39, 0.29) is 34.1 Å². The number of benzene rings is 2. The SMILES string of the molecule is CCOc1cccc([Te][Te]c2cccc(OCC)c2N)c1N. The topological polar surface area (TPSA) is 70.5 Å². The zero-order valence-corrected chi connectivity index (χ0v) is 17.3. The summed E-state index contributed by atoms with van der Waals surface area (Å²) in [6, 6.07) is 12.1. The van der Waals surface area contributed by atoms with Crippen LogP contribution in [0.5, 0.6) is 11.5 Å². The standard InChI is InChI=1S/C16H20N2O2Te2/c1-3-19-11-7-5-9-13(15(11)17)21-22-14-10-6-8-12(16(14)18)20-4-2/h5-10H,3-4,17-18H2,1-2H3. The molecule has 2 aromatic rings. The van der Waals surface area contributed by atoms with E-state index in [9.17, 15) is 0 Å². The molecule has 0 unspecified atom stereocenters. The van der Waals surface area contributed by atoms with Gasteiger partial charge in [0.2, 0.25) is 0 Å². The van der Waals surface area contributed by atoms with Crippen molar-refractivity contribution in [1.29, 1.82) is 0 Å². The van der Waals surface area contributed by atoms with Crippen LogP contribution in [0.4, 0.5) is 11.4 Å². The Morgan fingerprint density at radius 2 is 1.18 bits per heavy atom. The van der Waals surface area contributed by atoms with Crippen molar-refractivity contribution in [3.8, 4) is 11.5 Å². The van der Waals surface area contributed by atoms with Gasteiger partial charge in [0.05, 0.1) is 0 Å². The van der Waals surface area contributed by atoms with Gasteiger partial charge in [-0.2, -0.15) is 0 Å². The van der Waals surface area contributed by atoms with Crippen LogP contribution in [0.2, 0.25) is 0 Å². The zero-order chi connectivity index (χ0) is 15.9. The van der Waals surface area contributed by atoms with Crippen molar-refractivity contribution in [3.05, 3.63) is 36.4 Å². The molecule has 0 saturated heterocycles. The van der Waals surface area contributed by atoms with Crippen LogP contribution in [0.1, 0.15) is 13.8 Å². The first-order valence-corrected chi connectivity index (χ1v) is 16.7. The van der Waals surface area contributed by atoms with E-state index < -0.39 is 0 Å². The summed E-state index contributed by atoms with van der Waals surface area (Å²) in [6.45, 7) is 5.20. The van der Waals surface area contributed by atoms with Gasteiger partial charge in [0.25, 0.3) is 0 Å². The quantitative estimate of drug-likeness (QED) is 0.415. The first kappa shape index (κ1) is 17.6. The van der Waals surface area contributed by atoms with E-state index >= 15 is 0 Å². The fraction of sp³-hybridized carbons (Fsp3) is 0.250. The molecule has 0 aliphatic heterocycles. The molecule has 0 spiro atoms. The number of nitrogen functional groups attached to an aromatic ring is 2. The molecule has 0 fully saturated rings.